The molecule has 0 aliphatic heterocycles. The van der Waals surface area contributed by atoms with E-state index >= 15 is 0 Å². The maximum atomic E-state index is 12.8. The molecule has 0 spiro atoms. The topological polar surface area (TPSA) is 72.3 Å². The molecule has 0 fully saturated rings. The maximum Gasteiger partial charge on any atom is 0.416 e. The number of aromatic nitrogens is 1. The molecule has 0 unspecified atom stereocenters. The Labute approximate surface area is 194 Å². The lowest BCUT2D eigenvalue weighted by Gasteiger charge is -2.24. The summed E-state index contributed by atoms with van der Waals surface area (Å²) < 4.78 is 39.8. The number of benzene rings is 1. The molecule has 1 heterocycles. The van der Waals surface area contributed by atoms with E-state index in [1.54, 1.807) is 42.8 Å². The highest BCUT2D eigenvalue weighted by Crippen LogP contribution is 2.31. The van der Waals surface area contributed by atoms with Gasteiger partial charge in [0.15, 0.2) is 0 Å². The summed E-state index contributed by atoms with van der Waals surface area (Å²) in [5, 5.41) is 10.5. The van der Waals surface area contributed by atoms with Crippen LogP contribution in [0.4, 0.5) is 18.9 Å². The van der Waals surface area contributed by atoms with Gasteiger partial charge in [-0.2, -0.15) is 13.2 Å². The van der Waals surface area contributed by atoms with E-state index < -0.39 is 11.7 Å². The summed E-state index contributed by atoms with van der Waals surface area (Å²) in [6.07, 6.45) is 0.455. The van der Waals surface area contributed by atoms with Crippen molar-refractivity contribution < 1.29 is 18.0 Å². The van der Waals surface area contributed by atoms with Gasteiger partial charge < -0.3 is 10.2 Å². The third-order valence-corrected chi connectivity index (χ3v) is 5.42. The SMILES string of the molecule is CCN(C(=O)CCN(C)Sc1ccc(C(F)(F)F)cc1)/C(=C/Nc1cccnc1)C(=N)Cl. The van der Waals surface area contributed by atoms with Gasteiger partial charge in [0.25, 0.3) is 0 Å². The van der Waals surface area contributed by atoms with Crippen molar-refractivity contribution >= 4 is 40.3 Å². The number of allylic oxidation sites excluding steroid dienone is 1. The first kappa shape index (κ1) is 25.7. The fourth-order valence-electron chi connectivity index (χ4n) is 2.66. The van der Waals surface area contributed by atoms with Crippen LogP contribution in [0.5, 0.6) is 0 Å². The summed E-state index contributed by atoms with van der Waals surface area (Å²) in [6.45, 7) is 2.43. The summed E-state index contributed by atoms with van der Waals surface area (Å²) in [5.41, 5.74) is 0.196. The van der Waals surface area contributed by atoms with Gasteiger partial charge in [0, 0.05) is 36.8 Å². The highest BCUT2D eigenvalue weighted by Gasteiger charge is 2.30. The number of pyridine rings is 1. The van der Waals surface area contributed by atoms with Crippen molar-refractivity contribution in [3.05, 3.63) is 66.3 Å². The van der Waals surface area contributed by atoms with Crippen LogP contribution in [0.2, 0.25) is 0 Å². The molecule has 0 saturated heterocycles. The highest BCUT2D eigenvalue weighted by molar-refractivity contribution is 7.97. The predicted molar refractivity (Wildman–Crippen MR) is 121 cm³/mol. The molecule has 1 amide bonds. The first-order chi connectivity index (χ1) is 15.1. The normalized spacial score (nSPS) is 12.0. The third-order valence-electron chi connectivity index (χ3n) is 4.25. The molecule has 11 heteroatoms. The zero-order valence-corrected chi connectivity index (χ0v) is 19.1. The Morgan fingerprint density at radius 1 is 1.28 bits per heavy atom. The highest BCUT2D eigenvalue weighted by atomic mass is 35.5. The summed E-state index contributed by atoms with van der Waals surface area (Å²) >= 11 is 7.15. The first-order valence-electron chi connectivity index (χ1n) is 9.59. The Morgan fingerprint density at radius 3 is 2.50 bits per heavy atom. The van der Waals surface area contributed by atoms with Crippen molar-refractivity contribution in [1.29, 1.82) is 5.41 Å². The van der Waals surface area contributed by atoms with Crippen LogP contribution >= 0.6 is 23.5 Å². The minimum atomic E-state index is -4.38. The lowest BCUT2D eigenvalue weighted by Crippen LogP contribution is -2.34. The molecule has 0 bridgehead atoms. The third kappa shape index (κ3) is 7.85. The van der Waals surface area contributed by atoms with Crippen molar-refractivity contribution in [3.8, 4) is 0 Å². The second kappa shape index (κ2) is 11.9. The summed E-state index contributed by atoms with van der Waals surface area (Å²) in [5.74, 6) is -0.239. The van der Waals surface area contributed by atoms with Crippen LogP contribution < -0.4 is 5.32 Å². The van der Waals surface area contributed by atoms with Gasteiger partial charge in [-0.3, -0.25) is 15.2 Å². The van der Waals surface area contributed by atoms with Crippen molar-refractivity contribution in [2.24, 2.45) is 0 Å². The molecular formula is C21H23ClF3N5OS. The van der Waals surface area contributed by atoms with E-state index in [1.165, 1.54) is 35.2 Å². The molecular weight excluding hydrogens is 463 g/mol. The minimum absolute atomic E-state index is 0.131. The Morgan fingerprint density at radius 2 is 1.97 bits per heavy atom. The number of anilines is 1. The molecule has 0 radical (unpaired) electrons. The minimum Gasteiger partial charge on any atom is -0.358 e. The van der Waals surface area contributed by atoms with Crippen LogP contribution in [0.15, 0.2) is 65.6 Å². The number of carbonyl (C=O) groups excluding carboxylic acids is 1. The second-order valence-electron chi connectivity index (χ2n) is 6.58. The molecule has 0 aliphatic carbocycles. The molecule has 0 aliphatic rings. The first-order valence-corrected chi connectivity index (χ1v) is 10.7. The molecule has 6 nitrogen and oxygen atoms in total. The van der Waals surface area contributed by atoms with Crippen molar-refractivity contribution in [2.45, 2.75) is 24.4 Å². The number of hydrogen-bond acceptors (Lipinski definition) is 6. The molecule has 2 aromatic rings. The number of rotatable bonds is 10. The number of carbonyl (C=O) groups is 1. The zero-order chi connectivity index (χ0) is 23.7. The van der Waals surface area contributed by atoms with Gasteiger partial charge in [-0.05, 0) is 62.3 Å². The van der Waals surface area contributed by atoms with Gasteiger partial charge in [0.05, 0.1) is 23.1 Å². The Bertz CT molecular complexity index is 939. The van der Waals surface area contributed by atoms with Crippen LogP contribution in [0, 0.1) is 5.41 Å². The van der Waals surface area contributed by atoms with E-state index in [0.29, 0.717) is 23.7 Å². The summed E-state index contributed by atoms with van der Waals surface area (Å²) in [6, 6.07) is 8.37. The van der Waals surface area contributed by atoms with E-state index in [2.05, 4.69) is 10.3 Å². The van der Waals surface area contributed by atoms with Crippen molar-refractivity contribution in [3.63, 3.8) is 0 Å². The Kier molecular flexibility index (Phi) is 9.55. The van der Waals surface area contributed by atoms with Crippen LogP contribution in [0.1, 0.15) is 18.9 Å². The van der Waals surface area contributed by atoms with E-state index in [9.17, 15) is 18.0 Å². The largest absolute Gasteiger partial charge is 0.416 e. The van der Waals surface area contributed by atoms with Crippen molar-refractivity contribution in [2.75, 3.05) is 25.5 Å². The summed E-state index contributed by atoms with van der Waals surface area (Å²) in [4.78, 5) is 18.8. The van der Waals surface area contributed by atoms with Gasteiger partial charge in [-0.1, -0.05) is 11.6 Å². The van der Waals surface area contributed by atoms with Gasteiger partial charge in [0.2, 0.25) is 5.91 Å². The van der Waals surface area contributed by atoms with Crippen molar-refractivity contribution in [1.82, 2.24) is 14.2 Å². The van der Waals surface area contributed by atoms with Gasteiger partial charge >= 0.3 is 6.18 Å². The quantitative estimate of drug-likeness (QED) is 0.346. The second-order valence-corrected chi connectivity index (χ2v) is 8.24. The lowest BCUT2D eigenvalue weighted by molar-refractivity contribution is -0.137. The van der Waals surface area contributed by atoms with E-state index in [4.69, 9.17) is 17.0 Å². The predicted octanol–water partition coefficient (Wildman–Crippen LogP) is 5.45. The van der Waals surface area contributed by atoms with E-state index in [0.717, 1.165) is 12.1 Å². The molecule has 0 atom stereocenters. The maximum absolute atomic E-state index is 12.8. The Hall–Kier alpha value is -2.56. The molecule has 32 heavy (non-hydrogen) atoms. The van der Waals surface area contributed by atoms with Gasteiger partial charge in [-0.15, -0.1) is 0 Å². The number of hydrogen-bond donors (Lipinski definition) is 2. The fraction of sp³-hybridized carbons (Fsp3) is 0.286. The summed E-state index contributed by atoms with van der Waals surface area (Å²) in [7, 11) is 1.75. The monoisotopic (exact) mass is 485 g/mol. The number of halogens is 4. The van der Waals surface area contributed by atoms with Crippen LogP contribution in [0.3, 0.4) is 0 Å². The van der Waals surface area contributed by atoms with E-state index in [-0.39, 0.29) is 23.2 Å². The smallest absolute Gasteiger partial charge is 0.358 e. The zero-order valence-electron chi connectivity index (χ0n) is 17.5. The average Bonchev–Trinajstić information content (AvgIpc) is 2.75. The molecule has 2 rings (SSSR count). The van der Waals surface area contributed by atoms with Gasteiger partial charge in [-0.25, -0.2) is 4.31 Å². The Balaban J connectivity index is 1.96. The number of alkyl halides is 3. The molecule has 0 saturated carbocycles. The van der Waals surface area contributed by atoms with Crippen LogP contribution in [0.25, 0.3) is 0 Å². The van der Waals surface area contributed by atoms with Crippen LogP contribution in [-0.4, -0.2) is 45.4 Å². The number of nitrogens with zero attached hydrogens (tertiary/aromatic N) is 3. The number of amides is 1. The number of nitrogens with one attached hydrogen (secondary N) is 2. The van der Waals surface area contributed by atoms with E-state index in [1.807, 2.05) is 0 Å². The molecule has 172 valence electrons. The van der Waals surface area contributed by atoms with Crippen LogP contribution in [-0.2, 0) is 11.0 Å². The lowest BCUT2D eigenvalue weighted by atomic mass is 10.2. The fourth-order valence-corrected chi connectivity index (χ4v) is 3.62. The molecule has 1 aromatic heterocycles. The standard InChI is InChI=1S/C21H23ClF3N5OS/c1-3-30(18(20(22)26)14-28-16-5-4-11-27-13-16)19(31)10-12-29(2)32-17-8-6-15(7-9-17)21(23,24)25/h4-9,11,13-14,26,28H,3,10,12H2,1-2H3/b18-14+,26-20?. The van der Waals surface area contributed by atoms with Gasteiger partial charge in [0.1, 0.15) is 5.17 Å². The molecule has 1 aromatic carbocycles. The molecule has 2 N–H and O–H groups in total. The average molecular weight is 486 g/mol.